The molecular formula is C11H17ClN2. The Morgan fingerprint density at radius 3 is 2.79 bits per heavy atom. The summed E-state index contributed by atoms with van der Waals surface area (Å²) in [5.41, 5.74) is 1.39. The summed E-state index contributed by atoms with van der Waals surface area (Å²) in [6.45, 7) is 5.42. The standard InChI is InChI=1S/C11H17ClN2/c1-11(2,8-13-3)6-9-4-5-14-7-10(9)12/h4-5,7,13H,6,8H2,1-3H3. The van der Waals surface area contributed by atoms with Crippen LogP contribution in [0.15, 0.2) is 18.5 Å². The van der Waals surface area contributed by atoms with Gasteiger partial charge >= 0.3 is 0 Å². The molecule has 0 saturated heterocycles. The molecule has 2 nitrogen and oxygen atoms in total. The average Bonchev–Trinajstić information content (AvgIpc) is 2.08. The van der Waals surface area contributed by atoms with Crippen LogP contribution >= 0.6 is 11.6 Å². The summed E-state index contributed by atoms with van der Waals surface area (Å²) in [6, 6.07) is 1.99. The van der Waals surface area contributed by atoms with Crippen molar-refractivity contribution in [2.45, 2.75) is 20.3 Å². The summed E-state index contributed by atoms with van der Waals surface area (Å²) in [5.74, 6) is 0. The third-order valence-corrected chi connectivity index (χ3v) is 2.52. The van der Waals surface area contributed by atoms with Crippen molar-refractivity contribution in [2.75, 3.05) is 13.6 Å². The van der Waals surface area contributed by atoms with Crippen molar-refractivity contribution in [3.05, 3.63) is 29.0 Å². The first-order chi connectivity index (χ1) is 6.55. The number of nitrogens with one attached hydrogen (secondary N) is 1. The molecule has 1 aromatic rings. The van der Waals surface area contributed by atoms with Crippen molar-refractivity contribution < 1.29 is 0 Å². The van der Waals surface area contributed by atoms with Crippen molar-refractivity contribution >= 4 is 11.6 Å². The van der Waals surface area contributed by atoms with Crippen molar-refractivity contribution in [1.29, 1.82) is 0 Å². The Morgan fingerprint density at radius 2 is 2.21 bits per heavy atom. The highest BCUT2D eigenvalue weighted by Crippen LogP contribution is 2.24. The Hall–Kier alpha value is -0.600. The summed E-state index contributed by atoms with van der Waals surface area (Å²) in [7, 11) is 1.97. The lowest BCUT2D eigenvalue weighted by Gasteiger charge is -2.24. The van der Waals surface area contributed by atoms with E-state index in [2.05, 4.69) is 24.1 Å². The zero-order valence-corrected chi connectivity index (χ0v) is 9.73. The molecule has 0 aliphatic heterocycles. The fourth-order valence-electron chi connectivity index (χ4n) is 1.60. The lowest BCUT2D eigenvalue weighted by molar-refractivity contribution is 0.350. The second kappa shape index (κ2) is 4.76. The molecule has 0 spiro atoms. The van der Waals surface area contributed by atoms with Crippen molar-refractivity contribution in [3.8, 4) is 0 Å². The summed E-state index contributed by atoms with van der Waals surface area (Å²) in [4.78, 5) is 3.97. The molecule has 1 N–H and O–H groups in total. The molecular weight excluding hydrogens is 196 g/mol. The highest BCUT2D eigenvalue weighted by Gasteiger charge is 2.18. The minimum Gasteiger partial charge on any atom is -0.319 e. The van der Waals surface area contributed by atoms with Gasteiger partial charge in [-0.1, -0.05) is 25.4 Å². The van der Waals surface area contributed by atoms with E-state index in [0.29, 0.717) is 0 Å². The molecule has 0 fully saturated rings. The molecule has 0 saturated carbocycles. The number of pyridine rings is 1. The van der Waals surface area contributed by atoms with Crippen LogP contribution in [0, 0.1) is 5.41 Å². The Labute approximate surface area is 90.7 Å². The van der Waals surface area contributed by atoms with Crippen LogP contribution in [0.1, 0.15) is 19.4 Å². The van der Waals surface area contributed by atoms with Gasteiger partial charge < -0.3 is 5.32 Å². The minimum absolute atomic E-state index is 0.222. The molecule has 0 aliphatic carbocycles. The third-order valence-electron chi connectivity index (χ3n) is 2.18. The predicted molar refractivity (Wildman–Crippen MR) is 60.7 cm³/mol. The molecule has 1 heterocycles. The Balaban J connectivity index is 2.73. The maximum atomic E-state index is 6.05. The van der Waals surface area contributed by atoms with Crippen molar-refractivity contribution in [3.63, 3.8) is 0 Å². The number of rotatable bonds is 4. The van der Waals surface area contributed by atoms with Crippen molar-refractivity contribution in [1.82, 2.24) is 10.3 Å². The Kier molecular flexibility index (Phi) is 3.90. The normalized spacial score (nSPS) is 11.7. The van der Waals surface area contributed by atoms with E-state index in [1.54, 1.807) is 12.4 Å². The van der Waals surface area contributed by atoms with Gasteiger partial charge in [-0.2, -0.15) is 0 Å². The Bertz CT molecular complexity index is 297. The number of hydrogen-bond acceptors (Lipinski definition) is 2. The minimum atomic E-state index is 0.222. The molecule has 1 aromatic heterocycles. The molecule has 0 bridgehead atoms. The summed E-state index contributed by atoms with van der Waals surface area (Å²) < 4.78 is 0. The molecule has 0 atom stereocenters. The maximum absolute atomic E-state index is 6.05. The van der Waals surface area contributed by atoms with Crippen molar-refractivity contribution in [2.24, 2.45) is 5.41 Å². The second-order valence-corrected chi connectivity index (χ2v) is 4.75. The topological polar surface area (TPSA) is 24.9 Å². The van der Waals surface area contributed by atoms with E-state index in [1.165, 1.54) is 5.56 Å². The highest BCUT2D eigenvalue weighted by molar-refractivity contribution is 6.31. The summed E-state index contributed by atoms with van der Waals surface area (Å²) in [6.07, 6.45) is 4.46. The SMILES string of the molecule is CNCC(C)(C)Cc1ccncc1Cl. The van der Waals surface area contributed by atoms with Crippen LogP contribution in [0.25, 0.3) is 0 Å². The van der Waals surface area contributed by atoms with Crippen LogP contribution in [0.2, 0.25) is 5.02 Å². The van der Waals surface area contributed by atoms with E-state index in [9.17, 15) is 0 Å². The molecule has 14 heavy (non-hydrogen) atoms. The lowest BCUT2D eigenvalue weighted by atomic mass is 9.86. The van der Waals surface area contributed by atoms with Crippen LogP contribution in [0.5, 0.6) is 0 Å². The van der Waals surface area contributed by atoms with Crippen LogP contribution in [0.4, 0.5) is 0 Å². The fraction of sp³-hybridized carbons (Fsp3) is 0.545. The van der Waals surface area contributed by atoms with Gasteiger partial charge in [-0.3, -0.25) is 4.98 Å². The Morgan fingerprint density at radius 1 is 1.50 bits per heavy atom. The van der Waals surface area contributed by atoms with Gasteiger partial charge in [0.05, 0.1) is 5.02 Å². The van der Waals surface area contributed by atoms with Gasteiger partial charge in [-0.15, -0.1) is 0 Å². The van der Waals surface area contributed by atoms with E-state index in [0.717, 1.165) is 18.0 Å². The second-order valence-electron chi connectivity index (χ2n) is 4.34. The van der Waals surface area contributed by atoms with Gasteiger partial charge in [0.2, 0.25) is 0 Å². The molecule has 1 rings (SSSR count). The van der Waals surface area contributed by atoms with Crippen LogP contribution in [-0.4, -0.2) is 18.6 Å². The lowest BCUT2D eigenvalue weighted by Crippen LogP contribution is -2.28. The van der Waals surface area contributed by atoms with E-state index < -0.39 is 0 Å². The number of nitrogens with zero attached hydrogens (tertiary/aromatic N) is 1. The zero-order valence-electron chi connectivity index (χ0n) is 8.97. The average molecular weight is 213 g/mol. The monoisotopic (exact) mass is 212 g/mol. The first kappa shape index (κ1) is 11.5. The van der Waals surface area contributed by atoms with E-state index >= 15 is 0 Å². The molecule has 3 heteroatoms. The molecule has 0 unspecified atom stereocenters. The molecule has 0 radical (unpaired) electrons. The number of halogens is 1. The van der Waals surface area contributed by atoms with Gasteiger partial charge in [0.1, 0.15) is 0 Å². The van der Waals surface area contributed by atoms with Gasteiger partial charge in [-0.25, -0.2) is 0 Å². The first-order valence-corrected chi connectivity index (χ1v) is 5.16. The molecule has 0 aliphatic rings. The van der Waals surface area contributed by atoms with Gasteiger partial charge in [0.25, 0.3) is 0 Å². The van der Waals surface area contributed by atoms with Crippen LogP contribution in [0.3, 0.4) is 0 Å². The van der Waals surface area contributed by atoms with E-state index in [-0.39, 0.29) is 5.41 Å². The quantitative estimate of drug-likeness (QED) is 0.830. The predicted octanol–water partition coefficient (Wildman–Crippen LogP) is 2.52. The largest absolute Gasteiger partial charge is 0.319 e. The van der Waals surface area contributed by atoms with Crippen LogP contribution < -0.4 is 5.32 Å². The fourth-order valence-corrected chi connectivity index (χ4v) is 1.79. The van der Waals surface area contributed by atoms with Gasteiger partial charge in [-0.05, 0) is 30.5 Å². The zero-order chi connectivity index (χ0) is 10.6. The van der Waals surface area contributed by atoms with Gasteiger partial charge in [0, 0.05) is 18.9 Å². The first-order valence-electron chi connectivity index (χ1n) is 4.78. The van der Waals surface area contributed by atoms with Crippen LogP contribution in [-0.2, 0) is 6.42 Å². The smallest absolute Gasteiger partial charge is 0.0621 e. The maximum Gasteiger partial charge on any atom is 0.0621 e. The molecule has 0 aromatic carbocycles. The van der Waals surface area contributed by atoms with E-state index in [1.807, 2.05) is 13.1 Å². The molecule has 0 amide bonds. The summed E-state index contributed by atoms with van der Waals surface area (Å²) >= 11 is 6.05. The van der Waals surface area contributed by atoms with Gasteiger partial charge in [0.15, 0.2) is 0 Å². The third kappa shape index (κ3) is 3.28. The van der Waals surface area contributed by atoms with E-state index in [4.69, 9.17) is 11.6 Å². The summed E-state index contributed by atoms with van der Waals surface area (Å²) in [5, 5.41) is 3.95. The highest BCUT2D eigenvalue weighted by atomic mass is 35.5. The number of hydrogen-bond donors (Lipinski definition) is 1. The molecule has 78 valence electrons. The number of aromatic nitrogens is 1.